The molecular formula is C29H27BrN2O5. The van der Waals surface area contributed by atoms with Crippen LogP contribution >= 0.6 is 15.9 Å². The SMILES string of the molecule is C[C@H](/C=C/CCO)[C@@]1(O)C(=O)N(Cc2ccc(N3C(=O)COc4ccccc43)cc2)c2ccc(Br)cc21. The van der Waals surface area contributed by atoms with Gasteiger partial charge in [0.05, 0.1) is 17.9 Å². The first-order valence-corrected chi connectivity index (χ1v) is 12.9. The van der Waals surface area contributed by atoms with Crippen LogP contribution in [-0.4, -0.2) is 35.2 Å². The number of carbonyl (C=O) groups excluding carboxylic acids is 2. The van der Waals surface area contributed by atoms with Crippen LogP contribution in [0.4, 0.5) is 17.1 Å². The molecule has 3 aromatic rings. The molecule has 0 saturated carbocycles. The van der Waals surface area contributed by atoms with Crippen LogP contribution in [0.15, 0.2) is 83.4 Å². The Kier molecular flexibility index (Phi) is 6.90. The second kappa shape index (κ2) is 10.1. The number of benzene rings is 3. The number of fused-ring (bicyclic) bond motifs is 2. The van der Waals surface area contributed by atoms with E-state index in [1.807, 2.05) is 60.7 Å². The maximum atomic E-state index is 13.7. The number of hydrogen-bond acceptors (Lipinski definition) is 5. The zero-order valence-electron chi connectivity index (χ0n) is 20.3. The summed E-state index contributed by atoms with van der Waals surface area (Å²) in [6, 6.07) is 20.3. The van der Waals surface area contributed by atoms with E-state index >= 15 is 0 Å². The summed E-state index contributed by atoms with van der Waals surface area (Å²) in [6.07, 6.45) is 4.00. The van der Waals surface area contributed by atoms with Crippen LogP contribution in [0.1, 0.15) is 24.5 Å². The third-order valence-electron chi connectivity index (χ3n) is 6.85. The van der Waals surface area contributed by atoms with Crippen molar-refractivity contribution in [2.24, 2.45) is 5.92 Å². The summed E-state index contributed by atoms with van der Waals surface area (Å²) in [5, 5.41) is 20.8. The number of ether oxygens (including phenoxy) is 1. The van der Waals surface area contributed by atoms with Crippen molar-refractivity contribution in [2.75, 3.05) is 23.0 Å². The van der Waals surface area contributed by atoms with Crippen molar-refractivity contribution >= 4 is 44.8 Å². The molecule has 5 rings (SSSR count). The lowest BCUT2D eigenvalue weighted by molar-refractivity contribution is -0.139. The lowest BCUT2D eigenvalue weighted by atomic mass is 9.83. The van der Waals surface area contributed by atoms with Gasteiger partial charge in [0.25, 0.3) is 11.8 Å². The molecule has 190 valence electrons. The Morgan fingerprint density at radius 2 is 1.84 bits per heavy atom. The average Bonchev–Trinajstić information content (AvgIpc) is 3.11. The molecule has 7 nitrogen and oxygen atoms in total. The highest BCUT2D eigenvalue weighted by molar-refractivity contribution is 9.10. The number of para-hydroxylation sites is 2. The summed E-state index contributed by atoms with van der Waals surface area (Å²) in [4.78, 5) is 29.6. The van der Waals surface area contributed by atoms with Crippen molar-refractivity contribution < 1.29 is 24.5 Å². The van der Waals surface area contributed by atoms with E-state index in [0.717, 1.165) is 10.0 Å². The molecule has 0 unspecified atom stereocenters. The maximum absolute atomic E-state index is 13.7. The highest BCUT2D eigenvalue weighted by Crippen LogP contribution is 2.47. The molecule has 0 spiro atoms. The molecule has 0 aromatic heterocycles. The summed E-state index contributed by atoms with van der Waals surface area (Å²) >= 11 is 3.47. The zero-order chi connectivity index (χ0) is 26.2. The van der Waals surface area contributed by atoms with Crippen LogP contribution in [0.3, 0.4) is 0 Å². The van der Waals surface area contributed by atoms with Gasteiger partial charge < -0.3 is 19.8 Å². The van der Waals surface area contributed by atoms with Crippen molar-refractivity contribution in [1.29, 1.82) is 0 Å². The van der Waals surface area contributed by atoms with Gasteiger partial charge in [-0.2, -0.15) is 0 Å². The molecule has 0 aliphatic carbocycles. The topological polar surface area (TPSA) is 90.3 Å². The minimum atomic E-state index is -1.73. The minimum Gasteiger partial charge on any atom is -0.482 e. The molecule has 2 heterocycles. The fourth-order valence-electron chi connectivity index (χ4n) is 4.91. The predicted octanol–water partition coefficient (Wildman–Crippen LogP) is 4.82. The second-order valence-corrected chi connectivity index (χ2v) is 10.1. The van der Waals surface area contributed by atoms with E-state index in [2.05, 4.69) is 15.9 Å². The van der Waals surface area contributed by atoms with Gasteiger partial charge in [-0.15, -0.1) is 0 Å². The summed E-state index contributed by atoms with van der Waals surface area (Å²) in [5.74, 6) is -0.408. The first-order valence-electron chi connectivity index (χ1n) is 12.1. The summed E-state index contributed by atoms with van der Waals surface area (Å²) in [6.45, 7) is 2.03. The van der Waals surface area contributed by atoms with Crippen molar-refractivity contribution in [3.8, 4) is 5.75 Å². The molecule has 0 saturated heterocycles. The first-order chi connectivity index (χ1) is 17.8. The Labute approximate surface area is 223 Å². The van der Waals surface area contributed by atoms with Gasteiger partial charge in [-0.1, -0.05) is 59.3 Å². The zero-order valence-corrected chi connectivity index (χ0v) is 21.9. The van der Waals surface area contributed by atoms with E-state index in [1.54, 1.807) is 34.9 Å². The van der Waals surface area contributed by atoms with E-state index in [-0.39, 0.29) is 25.7 Å². The van der Waals surface area contributed by atoms with Crippen LogP contribution in [0.2, 0.25) is 0 Å². The number of hydrogen-bond donors (Lipinski definition) is 2. The van der Waals surface area contributed by atoms with Crippen molar-refractivity contribution in [3.63, 3.8) is 0 Å². The molecule has 2 aliphatic heterocycles. The Hall–Kier alpha value is -3.46. The number of carbonyl (C=O) groups is 2. The predicted molar refractivity (Wildman–Crippen MR) is 145 cm³/mol. The second-order valence-electron chi connectivity index (χ2n) is 9.20. The van der Waals surface area contributed by atoms with Crippen LogP contribution in [0.25, 0.3) is 0 Å². The normalized spacial score (nSPS) is 19.7. The summed E-state index contributed by atoms with van der Waals surface area (Å²) in [5.41, 5.74) is 1.72. The molecule has 2 amide bonds. The maximum Gasteiger partial charge on any atom is 0.269 e. The molecule has 0 fully saturated rings. The van der Waals surface area contributed by atoms with Crippen LogP contribution in [-0.2, 0) is 21.7 Å². The minimum absolute atomic E-state index is 0.00147. The highest BCUT2D eigenvalue weighted by Gasteiger charge is 2.52. The molecule has 0 bridgehead atoms. The third kappa shape index (κ3) is 4.45. The van der Waals surface area contributed by atoms with E-state index in [0.29, 0.717) is 34.8 Å². The van der Waals surface area contributed by atoms with Crippen LogP contribution in [0.5, 0.6) is 5.75 Å². The summed E-state index contributed by atoms with van der Waals surface area (Å²) < 4.78 is 6.31. The summed E-state index contributed by atoms with van der Waals surface area (Å²) in [7, 11) is 0. The van der Waals surface area contributed by atoms with Crippen LogP contribution < -0.4 is 14.5 Å². The van der Waals surface area contributed by atoms with Gasteiger partial charge in [0.1, 0.15) is 5.75 Å². The number of halogens is 1. The molecule has 2 atom stereocenters. The van der Waals surface area contributed by atoms with E-state index in [1.165, 1.54) is 0 Å². The molecule has 2 N–H and O–H groups in total. The van der Waals surface area contributed by atoms with Crippen molar-refractivity contribution in [1.82, 2.24) is 0 Å². The monoisotopic (exact) mass is 562 g/mol. The number of nitrogens with zero attached hydrogens (tertiary/aromatic N) is 2. The number of anilines is 3. The Morgan fingerprint density at radius 1 is 1.08 bits per heavy atom. The van der Waals surface area contributed by atoms with Gasteiger partial charge in [0.2, 0.25) is 0 Å². The van der Waals surface area contributed by atoms with Gasteiger partial charge in [0, 0.05) is 28.2 Å². The quantitative estimate of drug-likeness (QED) is 0.403. The fraction of sp³-hybridized carbons (Fsp3) is 0.241. The smallest absolute Gasteiger partial charge is 0.269 e. The number of rotatable bonds is 7. The molecule has 8 heteroatoms. The van der Waals surface area contributed by atoms with Gasteiger partial charge in [-0.05, 0) is 54.4 Å². The lowest BCUT2D eigenvalue weighted by Gasteiger charge is -2.29. The molecular weight excluding hydrogens is 536 g/mol. The Morgan fingerprint density at radius 3 is 2.59 bits per heavy atom. The van der Waals surface area contributed by atoms with E-state index in [4.69, 9.17) is 9.84 Å². The van der Waals surface area contributed by atoms with Gasteiger partial charge in [0.15, 0.2) is 12.2 Å². The molecule has 3 aromatic carbocycles. The number of aliphatic hydroxyl groups excluding tert-OH is 1. The number of aliphatic hydroxyl groups is 2. The Bertz CT molecular complexity index is 1370. The van der Waals surface area contributed by atoms with E-state index in [9.17, 15) is 14.7 Å². The standard InChI is InChI=1S/C29H27BrN2O5/c1-19(6-4-5-15-33)29(36)23-16-21(30)11-14-24(23)31(28(29)35)17-20-9-12-22(13-10-20)32-25-7-2-3-8-26(25)37-18-27(32)34/h2-4,6-14,16,19,33,36H,5,15,17-18H2,1H3/b6-4+/t19-,29+/m1/s1. The fourth-order valence-corrected chi connectivity index (χ4v) is 5.27. The molecule has 0 radical (unpaired) electrons. The third-order valence-corrected chi connectivity index (χ3v) is 7.35. The lowest BCUT2D eigenvalue weighted by Crippen LogP contribution is -2.44. The van der Waals surface area contributed by atoms with Gasteiger partial charge in [-0.3, -0.25) is 14.5 Å². The molecule has 37 heavy (non-hydrogen) atoms. The van der Waals surface area contributed by atoms with Crippen molar-refractivity contribution in [2.45, 2.75) is 25.5 Å². The van der Waals surface area contributed by atoms with Crippen LogP contribution in [0, 0.1) is 5.92 Å². The van der Waals surface area contributed by atoms with Gasteiger partial charge in [-0.25, -0.2) is 0 Å². The average molecular weight is 563 g/mol. The number of amides is 2. The van der Waals surface area contributed by atoms with Gasteiger partial charge >= 0.3 is 0 Å². The highest BCUT2D eigenvalue weighted by atomic mass is 79.9. The van der Waals surface area contributed by atoms with E-state index < -0.39 is 17.4 Å². The largest absolute Gasteiger partial charge is 0.482 e. The Balaban J connectivity index is 1.43. The first kappa shape index (κ1) is 25.2. The van der Waals surface area contributed by atoms with Crippen molar-refractivity contribution in [3.05, 3.63) is 94.5 Å². The molecule has 2 aliphatic rings.